The Kier molecular flexibility index (Phi) is 6.98. The van der Waals surface area contributed by atoms with Crippen LogP contribution in [0.1, 0.15) is 43.0 Å². The van der Waals surface area contributed by atoms with Gasteiger partial charge in [0, 0.05) is 10.4 Å². The van der Waals surface area contributed by atoms with Crippen molar-refractivity contribution in [3.63, 3.8) is 0 Å². The fraction of sp³-hybridized carbons (Fsp3) is 0.333. The number of halogens is 3. The van der Waals surface area contributed by atoms with Gasteiger partial charge < -0.3 is 4.74 Å². The van der Waals surface area contributed by atoms with Crippen molar-refractivity contribution >= 4 is 23.2 Å². The summed E-state index contributed by atoms with van der Waals surface area (Å²) in [5.74, 6) is -0.941. The summed E-state index contributed by atoms with van der Waals surface area (Å²) in [6, 6.07) is 7.63. The van der Waals surface area contributed by atoms with E-state index >= 15 is 0 Å². The van der Waals surface area contributed by atoms with Gasteiger partial charge in [-0.2, -0.15) is 13.2 Å². The SMILES string of the molecule is CCc1sc(C(=O)NNC(=O)c2ccc(COCC(F)(F)F)cc2)cc1C. The van der Waals surface area contributed by atoms with Gasteiger partial charge in [0.25, 0.3) is 11.8 Å². The van der Waals surface area contributed by atoms with Crippen LogP contribution in [0.25, 0.3) is 0 Å². The van der Waals surface area contributed by atoms with E-state index in [0.29, 0.717) is 10.4 Å². The first-order valence-corrected chi connectivity index (χ1v) is 8.94. The Morgan fingerprint density at radius 1 is 1.11 bits per heavy atom. The number of amides is 2. The summed E-state index contributed by atoms with van der Waals surface area (Å²) in [4.78, 5) is 25.8. The van der Waals surface area contributed by atoms with Crippen LogP contribution in [-0.4, -0.2) is 24.6 Å². The van der Waals surface area contributed by atoms with Crippen molar-refractivity contribution < 1.29 is 27.5 Å². The lowest BCUT2D eigenvalue weighted by Crippen LogP contribution is -2.41. The summed E-state index contributed by atoms with van der Waals surface area (Å²) < 4.78 is 40.7. The number of hydrazine groups is 1. The van der Waals surface area contributed by atoms with Crippen LogP contribution in [0.5, 0.6) is 0 Å². The zero-order valence-electron chi connectivity index (χ0n) is 14.8. The molecule has 0 bridgehead atoms. The number of rotatable bonds is 6. The van der Waals surface area contributed by atoms with Crippen LogP contribution in [0.2, 0.25) is 0 Å². The highest BCUT2D eigenvalue weighted by molar-refractivity contribution is 7.14. The highest BCUT2D eigenvalue weighted by Gasteiger charge is 2.27. The van der Waals surface area contributed by atoms with Crippen LogP contribution in [0.3, 0.4) is 0 Å². The maximum Gasteiger partial charge on any atom is 0.411 e. The molecule has 0 fully saturated rings. The summed E-state index contributed by atoms with van der Waals surface area (Å²) in [5, 5.41) is 0. The predicted octanol–water partition coefficient (Wildman–Crippen LogP) is 3.77. The third kappa shape index (κ3) is 6.37. The quantitative estimate of drug-likeness (QED) is 0.726. The molecule has 1 heterocycles. The number of nitrogens with one attached hydrogen (secondary N) is 2. The molecular weight excluding hydrogens is 381 g/mol. The van der Waals surface area contributed by atoms with Crippen molar-refractivity contribution in [2.45, 2.75) is 33.1 Å². The molecule has 0 aliphatic rings. The number of thiophene rings is 1. The van der Waals surface area contributed by atoms with Crippen LogP contribution in [0.4, 0.5) is 13.2 Å². The third-order valence-corrected chi connectivity index (χ3v) is 4.99. The van der Waals surface area contributed by atoms with E-state index in [1.54, 1.807) is 6.07 Å². The number of hydrogen-bond donors (Lipinski definition) is 2. The molecule has 1 aromatic carbocycles. The Hall–Kier alpha value is -2.39. The Morgan fingerprint density at radius 2 is 1.74 bits per heavy atom. The van der Waals surface area contributed by atoms with Crippen LogP contribution in [0, 0.1) is 6.92 Å². The molecule has 2 rings (SSSR count). The Balaban J connectivity index is 1.85. The second-order valence-electron chi connectivity index (χ2n) is 5.78. The number of ether oxygens (including phenoxy) is 1. The van der Waals surface area contributed by atoms with E-state index < -0.39 is 24.6 Å². The van der Waals surface area contributed by atoms with E-state index in [0.717, 1.165) is 16.9 Å². The first-order valence-electron chi connectivity index (χ1n) is 8.13. The molecule has 0 aliphatic carbocycles. The Labute approximate surface area is 158 Å². The van der Waals surface area contributed by atoms with Crippen molar-refractivity contribution in [2.75, 3.05) is 6.61 Å². The molecule has 5 nitrogen and oxygen atoms in total. The maximum absolute atomic E-state index is 12.1. The van der Waals surface area contributed by atoms with Crippen molar-refractivity contribution in [2.24, 2.45) is 0 Å². The average Bonchev–Trinajstić information content (AvgIpc) is 3.00. The monoisotopic (exact) mass is 400 g/mol. The molecular formula is C18H19F3N2O3S. The van der Waals surface area contributed by atoms with E-state index in [4.69, 9.17) is 0 Å². The van der Waals surface area contributed by atoms with Gasteiger partial charge in [-0.3, -0.25) is 20.4 Å². The minimum atomic E-state index is -4.38. The van der Waals surface area contributed by atoms with Gasteiger partial charge in [-0.15, -0.1) is 11.3 Å². The summed E-state index contributed by atoms with van der Waals surface area (Å²) >= 11 is 1.37. The molecule has 0 saturated heterocycles. The molecule has 2 aromatic rings. The van der Waals surface area contributed by atoms with Crippen LogP contribution in [0.15, 0.2) is 30.3 Å². The second-order valence-corrected chi connectivity index (χ2v) is 6.92. The standard InChI is InChI=1S/C18H19F3N2O3S/c1-3-14-11(2)8-15(27-14)17(25)23-22-16(24)13-6-4-12(5-7-13)9-26-10-18(19,20)21/h4-8H,3,9-10H2,1-2H3,(H,22,24)(H,23,25). The van der Waals surface area contributed by atoms with Gasteiger partial charge in [0.2, 0.25) is 0 Å². The molecule has 0 unspecified atom stereocenters. The van der Waals surface area contributed by atoms with Crippen LogP contribution in [-0.2, 0) is 17.8 Å². The Morgan fingerprint density at radius 3 is 2.30 bits per heavy atom. The highest BCUT2D eigenvalue weighted by atomic mass is 32.1. The number of carbonyl (C=O) groups is 2. The molecule has 1 aromatic heterocycles. The molecule has 2 N–H and O–H groups in total. The van der Waals surface area contributed by atoms with Crippen molar-refractivity contribution in [1.29, 1.82) is 0 Å². The molecule has 0 aliphatic heterocycles. The van der Waals surface area contributed by atoms with Gasteiger partial charge >= 0.3 is 6.18 Å². The van der Waals surface area contributed by atoms with Gasteiger partial charge in [-0.1, -0.05) is 19.1 Å². The summed E-state index contributed by atoms with van der Waals surface area (Å²) in [6.45, 7) is 2.38. The molecule has 146 valence electrons. The number of carbonyl (C=O) groups excluding carboxylic acids is 2. The fourth-order valence-corrected chi connectivity index (χ4v) is 3.28. The first-order chi connectivity index (χ1) is 12.7. The zero-order valence-corrected chi connectivity index (χ0v) is 15.6. The highest BCUT2D eigenvalue weighted by Crippen LogP contribution is 2.22. The predicted molar refractivity (Wildman–Crippen MR) is 95.5 cm³/mol. The second kappa shape index (κ2) is 9.01. The minimum Gasteiger partial charge on any atom is -0.367 e. The minimum absolute atomic E-state index is 0.213. The summed E-state index contributed by atoms with van der Waals surface area (Å²) in [5.41, 5.74) is 6.45. The van der Waals surface area contributed by atoms with Crippen LogP contribution >= 0.6 is 11.3 Å². The molecule has 0 spiro atoms. The third-order valence-electron chi connectivity index (χ3n) is 3.61. The molecule has 0 saturated carbocycles. The Bertz CT molecular complexity index is 801. The van der Waals surface area contributed by atoms with E-state index in [1.807, 2.05) is 13.8 Å². The largest absolute Gasteiger partial charge is 0.411 e. The van der Waals surface area contributed by atoms with Gasteiger partial charge in [-0.25, -0.2) is 0 Å². The molecule has 9 heteroatoms. The normalized spacial score (nSPS) is 11.3. The smallest absolute Gasteiger partial charge is 0.367 e. The lowest BCUT2D eigenvalue weighted by molar-refractivity contribution is -0.176. The van der Waals surface area contributed by atoms with Gasteiger partial charge in [0.05, 0.1) is 11.5 Å². The lowest BCUT2D eigenvalue weighted by atomic mass is 10.1. The number of aryl methyl sites for hydroxylation is 2. The lowest BCUT2D eigenvalue weighted by Gasteiger charge is -2.09. The maximum atomic E-state index is 12.1. The zero-order chi connectivity index (χ0) is 20.0. The van der Waals surface area contributed by atoms with Gasteiger partial charge in [0.1, 0.15) is 6.61 Å². The first kappa shape index (κ1) is 20.9. The van der Waals surface area contributed by atoms with Crippen molar-refractivity contribution in [1.82, 2.24) is 10.9 Å². The number of benzene rings is 1. The van der Waals surface area contributed by atoms with E-state index in [9.17, 15) is 22.8 Å². The van der Waals surface area contributed by atoms with Gasteiger partial charge in [-0.05, 0) is 42.7 Å². The average molecular weight is 400 g/mol. The molecule has 0 radical (unpaired) electrons. The number of hydrogen-bond acceptors (Lipinski definition) is 4. The molecule has 2 amide bonds. The molecule has 0 atom stereocenters. The van der Waals surface area contributed by atoms with Crippen molar-refractivity contribution in [3.8, 4) is 0 Å². The van der Waals surface area contributed by atoms with Crippen LogP contribution < -0.4 is 10.9 Å². The topological polar surface area (TPSA) is 67.4 Å². The van der Waals surface area contributed by atoms with E-state index in [2.05, 4.69) is 15.6 Å². The summed E-state index contributed by atoms with van der Waals surface area (Å²) in [6.07, 6.45) is -3.55. The van der Waals surface area contributed by atoms with E-state index in [1.165, 1.54) is 35.6 Å². The fourth-order valence-electron chi connectivity index (χ4n) is 2.27. The molecule has 27 heavy (non-hydrogen) atoms. The number of alkyl halides is 3. The van der Waals surface area contributed by atoms with Crippen molar-refractivity contribution in [3.05, 3.63) is 56.8 Å². The summed E-state index contributed by atoms with van der Waals surface area (Å²) in [7, 11) is 0. The van der Waals surface area contributed by atoms with E-state index in [-0.39, 0.29) is 12.2 Å². The van der Waals surface area contributed by atoms with Gasteiger partial charge in [0.15, 0.2) is 0 Å².